The van der Waals surface area contributed by atoms with Crippen LogP contribution in [-0.2, 0) is 23.8 Å². The van der Waals surface area contributed by atoms with Crippen molar-refractivity contribution < 1.29 is 28.6 Å². The molecule has 0 aliphatic carbocycles. The SMILES string of the molecule is O=C(CCCC[C@@H]1CCSS1)NCCCOCCOCCOCCCNC(=O)CCCC[C@@H]1SC[C@H]2NC(=O)N[C@H]12. The van der Waals surface area contributed by atoms with Gasteiger partial charge < -0.3 is 35.5 Å². The molecule has 0 aromatic carbocycles. The third-order valence-electron chi connectivity index (χ3n) is 7.31. The minimum Gasteiger partial charge on any atom is -0.379 e. The Kier molecular flexibility index (Phi) is 18.4. The molecule has 0 bridgehead atoms. The molecule has 3 rings (SSSR count). The third kappa shape index (κ3) is 15.4. The van der Waals surface area contributed by atoms with Crippen molar-refractivity contribution in [1.29, 1.82) is 0 Å². The summed E-state index contributed by atoms with van der Waals surface area (Å²) >= 11 is 1.91. The fourth-order valence-corrected chi connectivity index (χ4v) is 9.59. The lowest BCUT2D eigenvalue weighted by Gasteiger charge is -2.16. The standard InChI is InChI=1S/C28H50N4O6S3/c33-25(9-3-1-7-22-11-20-40-41-22)29-12-5-14-36-16-18-38-19-17-37-15-6-13-30-26(34)10-4-2-8-24-27-23(21-39-24)31-28(35)32-27/h22-24,27H,1-21H2,(H,29,33)(H,30,34)(H2,31,32,35)/t22-,23-,24+,27+/m1/s1. The minimum absolute atomic E-state index is 0.0505. The van der Waals surface area contributed by atoms with Crippen molar-refractivity contribution in [3.05, 3.63) is 0 Å². The lowest BCUT2D eigenvalue weighted by Crippen LogP contribution is -2.36. The fraction of sp³-hybridized carbons (Fsp3) is 0.893. The predicted octanol–water partition coefficient (Wildman–Crippen LogP) is 3.49. The van der Waals surface area contributed by atoms with Gasteiger partial charge in [-0.1, -0.05) is 34.4 Å². The second kappa shape index (κ2) is 21.8. The zero-order chi connectivity index (χ0) is 29.0. The van der Waals surface area contributed by atoms with E-state index in [9.17, 15) is 14.4 Å². The van der Waals surface area contributed by atoms with Gasteiger partial charge in [-0.2, -0.15) is 11.8 Å². The van der Waals surface area contributed by atoms with Crippen LogP contribution in [0, 0.1) is 0 Å². The number of nitrogens with one attached hydrogen (secondary N) is 4. The van der Waals surface area contributed by atoms with E-state index >= 15 is 0 Å². The Morgan fingerprint density at radius 1 is 0.780 bits per heavy atom. The molecule has 236 valence electrons. The summed E-state index contributed by atoms with van der Waals surface area (Å²) in [7, 11) is 3.98. The van der Waals surface area contributed by atoms with Gasteiger partial charge in [0.05, 0.1) is 38.5 Å². The van der Waals surface area contributed by atoms with Crippen LogP contribution in [0.5, 0.6) is 0 Å². The van der Waals surface area contributed by atoms with Gasteiger partial charge >= 0.3 is 6.03 Å². The van der Waals surface area contributed by atoms with Crippen LogP contribution in [-0.4, -0.2) is 105 Å². The van der Waals surface area contributed by atoms with Crippen molar-refractivity contribution >= 4 is 51.2 Å². The van der Waals surface area contributed by atoms with E-state index in [4.69, 9.17) is 14.2 Å². The highest BCUT2D eigenvalue weighted by Gasteiger charge is 2.42. The summed E-state index contributed by atoms with van der Waals surface area (Å²) in [5.41, 5.74) is 0. The molecular formula is C28H50N4O6S3. The number of hydrogen-bond donors (Lipinski definition) is 4. The first-order valence-electron chi connectivity index (χ1n) is 15.4. The van der Waals surface area contributed by atoms with Crippen LogP contribution < -0.4 is 21.3 Å². The van der Waals surface area contributed by atoms with Gasteiger partial charge in [-0.3, -0.25) is 9.59 Å². The number of rotatable bonds is 24. The molecule has 3 aliphatic rings. The van der Waals surface area contributed by atoms with Gasteiger partial charge in [0.15, 0.2) is 0 Å². The highest BCUT2D eigenvalue weighted by molar-refractivity contribution is 8.77. The average Bonchev–Trinajstić information content (AvgIpc) is 3.70. The molecule has 3 saturated heterocycles. The fourth-order valence-electron chi connectivity index (χ4n) is 5.02. The number of unbranched alkanes of at least 4 members (excludes halogenated alkanes) is 2. The first-order valence-corrected chi connectivity index (χ1v) is 18.8. The number of ether oxygens (including phenoxy) is 3. The van der Waals surface area contributed by atoms with E-state index < -0.39 is 0 Å². The molecule has 13 heteroatoms. The van der Waals surface area contributed by atoms with E-state index in [1.807, 2.05) is 33.3 Å². The second-order valence-corrected chi connectivity index (χ2v) is 14.7. The Morgan fingerprint density at radius 3 is 2.00 bits per heavy atom. The van der Waals surface area contributed by atoms with Crippen molar-refractivity contribution in [3.8, 4) is 0 Å². The maximum atomic E-state index is 12.0. The molecule has 3 aliphatic heterocycles. The Balaban J connectivity index is 0.972. The van der Waals surface area contributed by atoms with E-state index in [1.54, 1.807) is 0 Å². The summed E-state index contributed by atoms with van der Waals surface area (Å²) in [6, 6.07) is 0.446. The number of urea groups is 1. The van der Waals surface area contributed by atoms with Gasteiger partial charge in [0.1, 0.15) is 0 Å². The summed E-state index contributed by atoms with van der Waals surface area (Å²) < 4.78 is 16.6. The molecule has 4 atom stereocenters. The Bertz CT molecular complexity index is 762. The van der Waals surface area contributed by atoms with E-state index in [0.717, 1.165) is 55.9 Å². The van der Waals surface area contributed by atoms with Crippen LogP contribution in [0.3, 0.4) is 0 Å². The van der Waals surface area contributed by atoms with Crippen molar-refractivity contribution in [1.82, 2.24) is 21.3 Å². The van der Waals surface area contributed by atoms with Crippen molar-refractivity contribution in [2.75, 3.05) is 64.2 Å². The summed E-state index contributed by atoms with van der Waals surface area (Å²) in [6.07, 6.45) is 10.3. The first kappa shape index (κ1) is 34.6. The van der Waals surface area contributed by atoms with E-state index in [1.165, 1.54) is 18.6 Å². The maximum absolute atomic E-state index is 12.0. The van der Waals surface area contributed by atoms with Gasteiger partial charge in [-0.25, -0.2) is 4.79 Å². The molecule has 10 nitrogen and oxygen atoms in total. The second-order valence-electron chi connectivity index (χ2n) is 10.7. The predicted molar refractivity (Wildman–Crippen MR) is 169 cm³/mol. The number of thioether (sulfide) groups is 1. The third-order valence-corrected chi connectivity index (χ3v) is 11.8. The number of fused-ring (bicyclic) bond motifs is 1. The molecule has 0 aromatic rings. The van der Waals surface area contributed by atoms with Crippen LogP contribution in [0.15, 0.2) is 0 Å². The summed E-state index contributed by atoms with van der Waals surface area (Å²) in [5.74, 6) is 2.48. The van der Waals surface area contributed by atoms with Gasteiger partial charge in [-0.15, -0.1) is 0 Å². The molecule has 4 N–H and O–H groups in total. The van der Waals surface area contributed by atoms with Crippen molar-refractivity contribution in [2.45, 2.75) is 93.2 Å². The van der Waals surface area contributed by atoms with Gasteiger partial charge in [0.2, 0.25) is 11.8 Å². The van der Waals surface area contributed by atoms with Gasteiger partial charge in [0.25, 0.3) is 0 Å². The lowest BCUT2D eigenvalue weighted by atomic mass is 10.0. The summed E-state index contributed by atoms with van der Waals surface area (Å²) in [6.45, 7) is 4.57. The van der Waals surface area contributed by atoms with Gasteiger partial charge in [0, 0.05) is 61.2 Å². The van der Waals surface area contributed by atoms with Crippen LogP contribution in [0.2, 0.25) is 0 Å². The normalized spacial score (nSPS) is 23.3. The van der Waals surface area contributed by atoms with Crippen LogP contribution in [0.1, 0.15) is 70.6 Å². The van der Waals surface area contributed by atoms with E-state index in [0.29, 0.717) is 70.8 Å². The highest BCUT2D eigenvalue weighted by atomic mass is 33.1. The van der Waals surface area contributed by atoms with E-state index in [2.05, 4.69) is 21.3 Å². The topological polar surface area (TPSA) is 127 Å². The number of hydrogen-bond acceptors (Lipinski definition) is 9. The number of carbonyl (C=O) groups excluding carboxylic acids is 3. The van der Waals surface area contributed by atoms with Gasteiger partial charge in [-0.05, 0) is 44.9 Å². The number of amides is 4. The highest BCUT2D eigenvalue weighted by Crippen LogP contribution is 2.39. The Hall–Kier alpha value is -0.860. The first-order chi connectivity index (χ1) is 20.1. The number of carbonyl (C=O) groups is 3. The Labute approximate surface area is 257 Å². The summed E-state index contributed by atoms with van der Waals surface area (Å²) in [5, 5.41) is 13.1. The molecule has 0 radical (unpaired) electrons. The van der Waals surface area contributed by atoms with Crippen molar-refractivity contribution in [2.24, 2.45) is 0 Å². The Morgan fingerprint density at radius 2 is 1.39 bits per heavy atom. The maximum Gasteiger partial charge on any atom is 0.315 e. The smallest absolute Gasteiger partial charge is 0.315 e. The zero-order valence-electron chi connectivity index (χ0n) is 24.3. The molecule has 4 amide bonds. The molecule has 0 spiro atoms. The molecule has 0 unspecified atom stereocenters. The molecule has 3 fully saturated rings. The largest absolute Gasteiger partial charge is 0.379 e. The molecule has 41 heavy (non-hydrogen) atoms. The minimum atomic E-state index is -0.0505. The average molecular weight is 635 g/mol. The molecule has 0 saturated carbocycles. The van der Waals surface area contributed by atoms with Crippen LogP contribution in [0.25, 0.3) is 0 Å². The molecular weight excluding hydrogens is 585 g/mol. The summed E-state index contributed by atoms with van der Waals surface area (Å²) in [4.78, 5) is 35.4. The molecule has 3 heterocycles. The zero-order valence-corrected chi connectivity index (χ0v) is 26.8. The quantitative estimate of drug-likeness (QED) is 0.0717. The molecule has 0 aromatic heterocycles. The monoisotopic (exact) mass is 634 g/mol. The van der Waals surface area contributed by atoms with Crippen molar-refractivity contribution in [3.63, 3.8) is 0 Å². The van der Waals surface area contributed by atoms with E-state index in [-0.39, 0.29) is 29.9 Å². The van der Waals surface area contributed by atoms with Crippen LogP contribution in [0.4, 0.5) is 4.79 Å². The van der Waals surface area contributed by atoms with Crippen LogP contribution >= 0.6 is 33.3 Å². The lowest BCUT2D eigenvalue weighted by molar-refractivity contribution is -0.122.